The summed E-state index contributed by atoms with van der Waals surface area (Å²) in [5.41, 5.74) is 3.22. The maximum atomic E-state index is 12.8. The van der Waals surface area contributed by atoms with Gasteiger partial charge in [-0.15, -0.1) is 0 Å². The molecule has 32 heavy (non-hydrogen) atoms. The van der Waals surface area contributed by atoms with Crippen molar-refractivity contribution >= 4 is 16.9 Å². The number of aromatic nitrogens is 1. The van der Waals surface area contributed by atoms with Crippen molar-refractivity contribution in [3.63, 3.8) is 0 Å². The standard InChI is InChI=1S/C26H32N2O4/c1-3-30-25(29)23-17-28(11-10-18-15-27-24-7-5-4-6-22(18)24)16-19-14-20(8-9-21(19)23)26(2)31-12-13-32-26/h4-9,15,17,19-21,27H,3,10-14,16H2,1-2H3/t19-,20-,21-/m1/s1. The fourth-order valence-corrected chi connectivity index (χ4v) is 5.44. The second-order valence-electron chi connectivity index (χ2n) is 9.14. The van der Waals surface area contributed by atoms with Crippen LogP contribution in [-0.4, -0.2) is 54.6 Å². The number of nitrogens with one attached hydrogen (secondary N) is 1. The zero-order valence-corrected chi connectivity index (χ0v) is 18.9. The van der Waals surface area contributed by atoms with Crippen LogP contribution in [0.5, 0.6) is 0 Å². The first kappa shape index (κ1) is 21.3. The molecule has 3 heterocycles. The van der Waals surface area contributed by atoms with Crippen molar-refractivity contribution in [2.45, 2.75) is 32.5 Å². The minimum absolute atomic E-state index is 0.0830. The molecule has 2 aliphatic heterocycles. The maximum absolute atomic E-state index is 12.8. The van der Waals surface area contributed by atoms with E-state index in [-0.39, 0.29) is 17.8 Å². The van der Waals surface area contributed by atoms with Crippen molar-refractivity contribution in [1.82, 2.24) is 9.88 Å². The number of hydrogen-bond donors (Lipinski definition) is 1. The molecule has 1 aliphatic carbocycles. The van der Waals surface area contributed by atoms with E-state index in [9.17, 15) is 4.79 Å². The van der Waals surface area contributed by atoms with Crippen LogP contribution in [0, 0.1) is 17.8 Å². The van der Waals surface area contributed by atoms with Crippen molar-refractivity contribution in [2.24, 2.45) is 17.8 Å². The van der Waals surface area contributed by atoms with Gasteiger partial charge in [0.05, 0.1) is 25.4 Å². The predicted octanol–water partition coefficient (Wildman–Crippen LogP) is 4.04. The highest BCUT2D eigenvalue weighted by Crippen LogP contribution is 2.43. The Bertz CT molecular complexity index is 1030. The zero-order chi connectivity index (χ0) is 22.1. The molecule has 1 fully saturated rings. The summed E-state index contributed by atoms with van der Waals surface area (Å²) < 4.78 is 17.3. The third kappa shape index (κ3) is 3.97. The van der Waals surface area contributed by atoms with Gasteiger partial charge in [0.15, 0.2) is 5.79 Å². The molecule has 0 saturated carbocycles. The van der Waals surface area contributed by atoms with Crippen molar-refractivity contribution in [1.29, 1.82) is 0 Å². The molecule has 0 unspecified atom stereocenters. The summed E-state index contributed by atoms with van der Waals surface area (Å²) in [6, 6.07) is 8.39. The number of hydrogen-bond acceptors (Lipinski definition) is 5. The SMILES string of the molecule is CCOC(=O)C1=CN(CCc2c[nH]c3ccccc23)C[C@H]2C[C@H](C3(C)OCCO3)C=C[C@@H]12. The van der Waals surface area contributed by atoms with Crippen LogP contribution in [0.3, 0.4) is 0 Å². The molecule has 1 N–H and O–H groups in total. The molecule has 5 rings (SSSR count). The molecule has 0 spiro atoms. The molecule has 6 heteroatoms. The average molecular weight is 437 g/mol. The molecule has 3 atom stereocenters. The summed E-state index contributed by atoms with van der Waals surface area (Å²) in [7, 11) is 0. The van der Waals surface area contributed by atoms with Gasteiger partial charge in [0.25, 0.3) is 0 Å². The molecule has 6 nitrogen and oxygen atoms in total. The number of para-hydroxylation sites is 1. The fraction of sp³-hybridized carbons (Fsp3) is 0.500. The predicted molar refractivity (Wildman–Crippen MR) is 123 cm³/mol. The lowest BCUT2D eigenvalue weighted by Gasteiger charge is -2.43. The molecule has 1 aromatic carbocycles. The van der Waals surface area contributed by atoms with Crippen LogP contribution >= 0.6 is 0 Å². The molecule has 3 aliphatic rings. The Morgan fingerprint density at radius 2 is 2.06 bits per heavy atom. The van der Waals surface area contributed by atoms with E-state index in [2.05, 4.69) is 46.4 Å². The summed E-state index contributed by atoms with van der Waals surface area (Å²) in [5.74, 6) is -0.186. The number of allylic oxidation sites excluding steroid dienone is 1. The van der Waals surface area contributed by atoms with Crippen LogP contribution in [0.2, 0.25) is 0 Å². The van der Waals surface area contributed by atoms with E-state index in [0.29, 0.717) is 25.7 Å². The average Bonchev–Trinajstić information content (AvgIpc) is 3.44. The van der Waals surface area contributed by atoms with E-state index >= 15 is 0 Å². The Balaban J connectivity index is 1.36. The summed E-state index contributed by atoms with van der Waals surface area (Å²) in [5, 5.41) is 1.26. The molecule has 2 aromatic rings. The van der Waals surface area contributed by atoms with Crippen LogP contribution < -0.4 is 0 Å². The zero-order valence-electron chi connectivity index (χ0n) is 18.9. The fourth-order valence-electron chi connectivity index (χ4n) is 5.44. The molecular weight excluding hydrogens is 404 g/mol. The van der Waals surface area contributed by atoms with Crippen LogP contribution in [0.4, 0.5) is 0 Å². The normalized spacial score (nSPS) is 26.8. The quantitative estimate of drug-likeness (QED) is 0.547. The van der Waals surface area contributed by atoms with Crippen LogP contribution in [0.25, 0.3) is 10.9 Å². The number of carbonyl (C=O) groups excluding carboxylic acids is 1. The summed E-state index contributed by atoms with van der Waals surface area (Å²) >= 11 is 0. The molecule has 0 radical (unpaired) electrons. The lowest BCUT2D eigenvalue weighted by atomic mass is 9.72. The molecule has 170 valence electrons. The largest absolute Gasteiger partial charge is 0.463 e. The second-order valence-corrected chi connectivity index (χ2v) is 9.14. The highest BCUT2D eigenvalue weighted by Gasteiger charge is 2.45. The lowest BCUT2D eigenvalue weighted by Crippen LogP contribution is -2.44. The molecule has 1 saturated heterocycles. The van der Waals surface area contributed by atoms with E-state index in [4.69, 9.17) is 14.2 Å². The number of rotatable bonds is 6. The monoisotopic (exact) mass is 436 g/mol. The first-order valence-corrected chi connectivity index (χ1v) is 11.7. The number of ether oxygens (including phenoxy) is 3. The van der Waals surface area contributed by atoms with E-state index in [1.54, 1.807) is 0 Å². The third-order valence-electron chi connectivity index (χ3n) is 7.15. The van der Waals surface area contributed by atoms with Gasteiger partial charge >= 0.3 is 5.97 Å². The first-order valence-electron chi connectivity index (χ1n) is 11.7. The Labute approximate surface area is 189 Å². The number of H-pyrrole nitrogens is 1. The Hall–Kier alpha value is -2.57. The first-order chi connectivity index (χ1) is 15.6. The molecular formula is C26H32N2O4. The van der Waals surface area contributed by atoms with E-state index in [1.165, 1.54) is 10.9 Å². The van der Waals surface area contributed by atoms with Gasteiger partial charge in [-0.2, -0.15) is 0 Å². The van der Waals surface area contributed by atoms with E-state index in [1.807, 2.05) is 26.1 Å². The highest BCUT2D eigenvalue weighted by atomic mass is 16.7. The van der Waals surface area contributed by atoms with Crippen molar-refractivity contribution in [3.05, 3.63) is 60.0 Å². The number of fused-ring (bicyclic) bond motifs is 2. The Kier molecular flexibility index (Phi) is 5.82. The molecule has 1 aromatic heterocycles. The maximum Gasteiger partial charge on any atom is 0.336 e. The Morgan fingerprint density at radius 1 is 1.25 bits per heavy atom. The molecule has 0 amide bonds. The van der Waals surface area contributed by atoms with Crippen molar-refractivity contribution in [2.75, 3.05) is 32.9 Å². The number of nitrogens with zero attached hydrogens (tertiary/aromatic N) is 1. The molecule has 0 bridgehead atoms. The van der Waals surface area contributed by atoms with Crippen molar-refractivity contribution < 1.29 is 19.0 Å². The van der Waals surface area contributed by atoms with Gasteiger partial charge in [-0.25, -0.2) is 4.79 Å². The smallest absolute Gasteiger partial charge is 0.336 e. The van der Waals surface area contributed by atoms with E-state index < -0.39 is 5.79 Å². The van der Waals surface area contributed by atoms with Gasteiger partial charge < -0.3 is 24.1 Å². The summed E-state index contributed by atoms with van der Waals surface area (Å²) in [4.78, 5) is 18.5. The minimum atomic E-state index is -0.568. The summed E-state index contributed by atoms with van der Waals surface area (Å²) in [6.07, 6.45) is 10.3. The lowest BCUT2D eigenvalue weighted by molar-refractivity contribution is -0.175. The minimum Gasteiger partial charge on any atom is -0.463 e. The number of carbonyl (C=O) groups is 1. The van der Waals surface area contributed by atoms with Gasteiger partial charge in [0.2, 0.25) is 0 Å². The second kappa shape index (κ2) is 8.75. The highest BCUT2D eigenvalue weighted by molar-refractivity contribution is 5.89. The van der Waals surface area contributed by atoms with Gasteiger partial charge in [0.1, 0.15) is 0 Å². The van der Waals surface area contributed by atoms with Gasteiger partial charge in [-0.1, -0.05) is 30.4 Å². The van der Waals surface area contributed by atoms with E-state index in [0.717, 1.165) is 37.0 Å². The van der Waals surface area contributed by atoms with Crippen LogP contribution in [-0.2, 0) is 25.4 Å². The van der Waals surface area contributed by atoms with Crippen molar-refractivity contribution in [3.8, 4) is 0 Å². The summed E-state index contributed by atoms with van der Waals surface area (Å²) in [6.45, 7) is 7.32. The Morgan fingerprint density at radius 3 is 2.88 bits per heavy atom. The number of esters is 1. The number of benzene rings is 1. The van der Waals surface area contributed by atoms with Gasteiger partial charge in [-0.3, -0.25) is 0 Å². The van der Waals surface area contributed by atoms with Crippen LogP contribution in [0.1, 0.15) is 25.8 Å². The van der Waals surface area contributed by atoms with Gasteiger partial charge in [-0.05, 0) is 44.2 Å². The van der Waals surface area contributed by atoms with Crippen LogP contribution in [0.15, 0.2) is 54.4 Å². The van der Waals surface area contributed by atoms with Gasteiger partial charge in [0, 0.05) is 48.2 Å². The number of aromatic amines is 1. The third-order valence-corrected chi connectivity index (χ3v) is 7.15. The topological polar surface area (TPSA) is 63.8 Å².